The zero-order chi connectivity index (χ0) is 14.8. The van der Waals surface area contributed by atoms with Crippen LogP contribution in [-0.4, -0.2) is 74.9 Å². The third-order valence-corrected chi connectivity index (χ3v) is 4.44. The van der Waals surface area contributed by atoms with Gasteiger partial charge in [-0.3, -0.25) is 4.90 Å². The summed E-state index contributed by atoms with van der Waals surface area (Å²) in [7, 11) is 2.26. The maximum absolute atomic E-state index is 5.34. The molecule has 2 unspecified atom stereocenters. The molecule has 0 aromatic heterocycles. The summed E-state index contributed by atoms with van der Waals surface area (Å²) in [5.41, 5.74) is 0. The van der Waals surface area contributed by atoms with Gasteiger partial charge in [-0.2, -0.15) is 0 Å². The number of nitrogens with zero attached hydrogens (tertiary/aromatic N) is 2. The molecule has 20 heavy (non-hydrogen) atoms. The fourth-order valence-electron chi connectivity index (χ4n) is 2.94. The summed E-state index contributed by atoms with van der Waals surface area (Å²) in [6, 6.07) is 1.37. The Morgan fingerprint density at radius 2 is 2.20 bits per heavy atom. The minimum absolute atomic E-state index is 0.599. The quantitative estimate of drug-likeness (QED) is 0.586. The molecule has 0 spiro atoms. The van der Waals surface area contributed by atoms with E-state index in [9.17, 15) is 0 Å². The highest BCUT2D eigenvalue weighted by molar-refractivity contribution is 4.82. The van der Waals surface area contributed by atoms with Gasteiger partial charge in [-0.15, -0.1) is 0 Å². The van der Waals surface area contributed by atoms with Gasteiger partial charge >= 0.3 is 0 Å². The minimum atomic E-state index is 0.599. The van der Waals surface area contributed by atoms with Crippen molar-refractivity contribution in [2.24, 2.45) is 0 Å². The molecule has 1 aliphatic rings. The van der Waals surface area contributed by atoms with Gasteiger partial charge in [-0.1, -0.05) is 6.92 Å². The number of nitrogens with one attached hydrogen (secondary N) is 1. The Morgan fingerprint density at radius 3 is 2.90 bits per heavy atom. The van der Waals surface area contributed by atoms with Gasteiger partial charge in [0.05, 0.1) is 0 Å². The molecule has 1 saturated heterocycles. The van der Waals surface area contributed by atoms with E-state index in [0.29, 0.717) is 6.04 Å². The highest BCUT2D eigenvalue weighted by Gasteiger charge is 2.25. The van der Waals surface area contributed by atoms with Crippen LogP contribution in [0.5, 0.6) is 0 Å². The van der Waals surface area contributed by atoms with Crippen LogP contribution in [0, 0.1) is 0 Å². The standard InChI is InChI=1S/C16H35N3O/c1-5-19-11-7-9-16(19)14-18(4)15(3)13-17-10-8-12-20-6-2/h15-17H,5-14H2,1-4H3. The molecular formula is C16H35N3O. The van der Waals surface area contributed by atoms with Gasteiger partial charge in [-0.25, -0.2) is 0 Å². The van der Waals surface area contributed by atoms with Gasteiger partial charge in [0, 0.05) is 38.4 Å². The molecule has 1 heterocycles. The van der Waals surface area contributed by atoms with E-state index in [1.807, 2.05) is 6.92 Å². The summed E-state index contributed by atoms with van der Waals surface area (Å²) in [4.78, 5) is 5.13. The molecule has 0 aromatic carbocycles. The van der Waals surface area contributed by atoms with Crippen molar-refractivity contribution < 1.29 is 4.74 Å². The summed E-state index contributed by atoms with van der Waals surface area (Å²) in [5.74, 6) is 0. The van der Waals surface area contributed by atoms with Crippen molar-refractivity contribution in [3.63, 3.8) is 0 Å². The molecule has 0 bridgehead atoms. The summed E-state index contributed by atoms with van der Waals surface area (Å²) in [6.45, 7) is 14.2. The lowest BCUT2D eigenvalue weighted by Crippen LogP contribution is -2.45. The highest BCUT2D eigenvalue weighted by Crippen LogP contribution is 2.17. The predicted octanol–water partition coefficient (Wildman–Crippen LogP) is 1.81. The van der Waals surface area contributed by atoms with E-state index in [0.717, 1.165) is 38.8 Å². The van der Waals surface area contributed by atoms with Crippen molar-refractivity contribution in [2.75, 3.05) is 53.0 Å². The molecule has 0 saturated carbocycles. The number of likely N-dealkylation sites (tertiary alicyclic amines) is 1. The highest BCUT2D eigenvalue weighted by atomic mass is 16.5. The summed E-state index contributed by atoms with van der Waals surface area (Å²) in [6.07, 6.45) is 3.85. The first kappa shape index (κ1) is 17.9. The van der Waals surface area contributed by atoms with E-state index in [1.54, 1.807) is 0 Å². The van der Waals surface area contributed by atoms with E-state index in [4.69, 9.17) is 4.74 Å². The van der Waals surface area contributed by atoms with E-state index in [1.165, 1.54) is 32.5 Å². The van der Waals surface area contributed by atoms with Crippen molar-refractivity contribution in [3.05, 3.63) is 0 Å². The average molecular weight is 285 g/mol. The summed E-state index contributed by atoms with van der Waals surface area (Å²) < 4.78 is 5.34. The molecule has 1 N–H and O–H groups in total. The van der Waals surface area contributed by atoms with Crippen LogP contribution in [0.3, 0.4) is 0 Å². The fraction of sp³-hybridized carbons (Fsp3) is 1.00. The van der Waals surface area contributed by atoms with E-state index < -0.39 is 0 Å². The Morgan fingerprint density at radius 1 is 1.40 bits per heavy atom. The molecule has 0 aliphatic carbocycles. The maximum Gasteiger partial charge on any atom is 0.0477 e. The van der Waals surface area contributed by atoms with Crippen LogP contribution in [0.25, 0.3) is 0 Å². The molecule has 120 valence electrons. The number of hydrogen-bond acceptors (Lipinski definition) is 4. The van der Waals surface area contributed by atoms with Crippen molar-refractivity contribution in [2.45, 2.75) is 52.1 Å². The average Bonchev–Trinajstić information content (AvgIpc) is 2.89. The van der Waals surface area contributed by atoms with Crippen LogP contribution in [0.15, 0.2) is 0 Å². The number of rotatable bonds is 11. The third kappa shape index (κ3) is 6.53. The van der Waals surface area contributed by atoms with Crippen LogP contribution < -0.4 is 5.32 Å². The van der Waals surface area contributed by atoms with Gasteiger partial charge in [0.2, 0.25) is 0 Å². The van der Waals surface area contributed by atoms with E-state index >= 15 is 0 Å². The molecule has 1 aliphatic heterocycles. The molecule has 1 rings (SSSR count). The molecule has 1 fully saturated rings. The largest absolute Gasteiger partial charge is 0.382 e. The van der Waals surface area contributed by atoms with Crippen molar-refractivity contribution in [1.82, 2.24) is 15.1 Å². The molecule has 4 nitrogen and oxygen atoms in total. The SMILES string of the molecule is CCOCCCNCC(C)N(C)CC1CCCN1CC. The molecule has 0 radical (unpaired) electrons. The number of ether oxygens (including phenoxy) is 1. The Hall–Kier alpha value is -0.160. The lowest BCUT2D eigenvalue weighted by atomic mass is 10.2. The second-order valence-electron chi connectivity index (χ2n) is 5.97. The second-order valence-corrected chi connectivity index (χ2v) is 5.97. The third-order valence-electron chi connectivity index (χ3n) is 4.44. The summed E-state index contributed by atoms with van der Waals surface area (Å²) >= 11 is 0. The van der Waals surface area contributed by atoms with Crippen LogP contribution in [-0.2, 0) is 4.74 Å². The Labute approximate surface area is 125 Å². The molecular weight excluding hydrogens is 250 g/mol. The van der Waals surface area contributed by atoms with Gasteiger partial charge in [0.1, 0.15) is 0 Å². The Kier molecular flexibility index (Phi) is 9.44. The van der Waals surface area contributed by atoms with Crippen molar-refractivity contribution in [1.29, 1.82) is 0 Å². The number of likely N-dealkylation sites (N-methyl/N-ethyl adjacent to an activating group) is 2. The number of hydrogen-bond donors (Lipinski definition) is 1. The normalized spacial score (nSPS) is 21.8. The summed E-state index contributed by atoms with van der Waals surface area (Å²) in [5, 5.41) is 3.54. The molecule has 2 atom stereocenters. The van der Waals surface area contributed by atoms with Crippen LogP contribution in [0.2, 0.25) is 0 Å². The molecule has 0 amide bonds. The Bertz CT molecular complexity index is 238. The van der Waals surface area contributed by atoms with E-state index in [2.05, 4.69) is 36.0 Å². The first-order chi connectivity index (χ1) is 9.69. The topological polar surface area (TPSA) is 27.7 Å². The molecule has 0 aromatic rings. The minimum Gasteiger partial charge on any atom is -0.382 e. The lowest BCUT2D eigenvalue weighted by molar-refractivity contribution is 0.142. The second kappa shape index (κ2) is 10.6. The van der Waals surface area contributed by atoms with Crippen LogP contribution >= 0.6 is 0 Å². The first-order valence-electron chi connectivity index (χ1n) is 8.41. The van der Waals surface area contributed by atoms with Crippen LogP contribution in [0.1, 0.15) is 40.0 Å². The monoisotopic (exact) mass is 285 g/mol. The first-order valence-corrected chi connectivity index (χ1v) is 8.41. The van der Waals surface area contributed by atoms with Gasteiger partial charge in [-0.05, 0) is 59.8 Å². The fourth-order valence-corrected chi connectivity index (χ4v) is 2.94. The van der Waals surface area contributed by atoms with Crippen LogP contribution in [0.4, 0.5) is 0 Å². The van der Waals surface area contributed by atoms with E-state index in [-0.39, 0.29) is 0 Å². The van der Waals surface area contributed by atoms with Crippen molar-refractivity contribution in [3.8, 4) is 0 Å². The predicted molar refractivity (Wildman–Crippen MR) is 86.3 cm³/mol. The smallest absolute Gasteiger partial charge is 0.0477 e. The Balaban J connectivity index is 2.10. The van der Waals surface area contributed by atoms with Gasteiger partial charge in [0.15, 0.2) is 0 Å². The zero-order valence-electron chi connectivity index (χ0n) is 14.0. The molecule has 4 heteroatoms. The maximum atomic E-state index is 5.34. The van der Waals surface area contributed by atoms with Gasteiger partial charge in [0.25, 0.3) is 0 Å². The van der Waals surface area contributed by atoms with Gasteiger partial charge < -0.3 is 15.0 Å². The lowest BCUT2D eigenvalue weighted by Gasteiger charge is -2.31. The zero-order valence-corrected chi connectivity index (χ0v) is 14.0. The van der Waals surface area contributed by atoms with Crippen molar-refractivity contribution >= 4 is 0 Å².